The van der Waals surface area contributed by atoms with Crippen molar-refractivity contribution >= 4 is 5.91 Å². The molecular weight excluding hydrogens is 328 g/mol. The van der Waals surface area contributed by atoms with Gasteiger partial charge >= 0.3 is 0 Å². The van der Waals surface area contributed by atoms with Gasteiger partial charge in [-0.1, -0.05) is 12.1 Å². The molecule has 5 heteroatoms. The van der Waals surface area contributed by atoms with Crippen molar-refractivity contribution in [2.45, 2.75) is 31.8 Å². The van der Waals surface area contributed by atoms with Gasteiger partial charge in [-0.25, -0.2) is 0 Å². The summed E-state index contributed by atoms with van der Waals surface area (Å²) < 4.78 is 10.8. The summed E-state index contributed by atoms with van der Waals surface area (Å²) in [6.07, 6.45) is 4.62. The lowest BCUT2D eigenvalue weighted by molar-refractivity contribution is -0.145. The highest BCUT2D eigenvalue weighted by Crippen LogP contribution is 2.37. The van der Waals surface area contributed by atoms with E-state index in [1.165, 1.54) is 5.56 Å². The van der Waals surface area contributed by atoms with Crippen LogP contribution in [0.4, 0.5) is 0 Å². The Morgan fingerprint density at radius 1 is 1.15 bits per heavy atom. The van der Waals surface area contributed by atoms with Crippen molar-refractivity contribution in [2.24, 2.45) is 5.92 Å². The van der Waals surface area contributed by atoms with Crippen LogP contribution in [0, 0.1) is 5.92 Å². The van der Waals surface area contributed by atoms with Gasteiger partial charge in [0.15, 0.2) is 0 Å². The molecule has 0 spiro atoms. The van der Waals surface area contributed by atoms with Crippen molar-refractivity contribution in [3.05, 3.63) is 54.0 Å². The minimum absolute atomic E-state index is 0.149. The monoisotopic (exact) mass is 354 g/mol. The maximum absolute atomic E-state index is 13.0. The summed E-state index contributed by atoms with van der Waals surface area (Å²) in [6.45, 7) is 3.61. The predicted octanol–water partition coefficient (Wildman–Crippen LogP) is 3.47. The molecule has 0 N–H and O–H groups in total. The van der Waals surface area contributed by atoms with Gasteiger partial charge in [0.05, 0.1) is 26.0 Å². The molecule has 5 nitrogen and oxygen atoms in total. The standard InChI is InChI=1S/C21H26N2O3/c1-25-18-5-2-4-17(14-18)20-9-12-23(20)21(24)16-7-10-22(11-8-16)15-19-6-3-13-26-19/h2-6,13-14,16,20H,7-12,15H2,1H3/t20-/m1/s1. The minimum atomic E-state index is 0.149. The number of benzene rings is 1. The van der Waals surface area contributed by atoms with Gasteiger partial charge in [0.25, 0.3) is 0 Å². The molecule has 0 saturated carbocycles. The normalized spacial score (nSPS) is 21.4. The lowest BCUT2D eigenvalue weighted by Crippen LogP contribution is -2.49. The summed E-state index contributed by atoms with van der Waals surface area (Å²) in [5.74, 6) is 2.32. The molecule has 26 heavy (non-hydrogen) atoms. The molecule has 2 saturated heterocycles. The van der Waals surface area contributed by atoms with Crippen LogP contribution in [-0.4, -0.2) is 42.5 Å². The third-order valence-corrected chi connectivity index (χ3v) is 5.68. The van der Waals surface area contributed by atoms with E-state index in [9.17, 15) is 4.79 Å². The smallest absolute Gasteiger partial charge is 0.226 e. The van der Waals surface area contributed by atoms with Crippen LogP contribution in [0.5, 0.6) is 5.75 Å². The fourth-order valence-corrected chi connectivity index (χ4v) is 4.04. The van der Waals surface area contributed by atoms with Crippen LogP contribution in [0.25, 0.3) is 0 Å². The van der Waals surface area contributed by atoms with Crippen LogP contribution < -0.4 is 4.74 Å². The van der Waals surface area contributed by atoms with Crippen molar-refractivity contribution in [3.8, 4) is 5.75 Å². The summed E-state index contributed by atoms with van der Waals surface area (Å²) in [4.78, 5) is 17.4. The van der Waals surface area contributed by atoms with Gasteiger partial charge in [-0.3, -0.25) is 9.69 Å². The Morgan fingerprint density at radius 2 is 2.00 bits per heavy atom. The Balaban J connectivity index is 1.33. The van der Waals surface area contributed by atoms with E-state index in [1.807, 2.05) is 24.3 Å². The van der Waals surface area contributed by atoms with Crippen LogP contribution >= 0.6 is 0 Å². The second-order valence-electron chi connectivity index (χ2n) is 7.24. The Labute approximate surface area is 154 Å². The van der Waals surface area contributed by atoms with Crippen molar-refractivity contribution in [1.29, 1.82) is 0 Å². The summed E-state index contributed by atoms with van der Waals surface area (Å²) >= 11 is 0. The SMILES string of the molecule is COc1cccc([C@H]2CCN2C(=O)C2CCN(Cc3ccco3)CC2)c1. The van der Waals surface area contributed by atoms with Gasteiger partial charge in [-0.05, 0) is 62.2 Å². The van der Waals surface area contributed by atoms with Crippen molar-refractivity contribution in [1.82, 2.24) is 9.80 Å². The molecule has 2 aliphatic heterocycles. The second-order valence-corrected chi connectivity index (χ2v) is 7.24. The largest absolute Gasteiger partial charge is 0.497 e. The quantitative estimate of drug-likeness (QED) is 0.825. The molecule has 0 radical (unpaired) electrons. The first-order valence-electron chi connectivity index (χ1n) is 9.44. The lowest BCUT2D eigenvalue weighted by atomic mass is 9.89. The second kappa shape index (κ2) is 7.54. The third kappa shape index (κ3) is 3.49. The Bertz CT molecular complexity index is 735. The molecule has 0 bridgehead atoms. The summed E-state index contributed by atoms with van der Waals surface area (Å²) in [5.41, 5.74) is 1.18. The van der Waals surface area contributed by atoms with Crippen LogP contribution in [-0.2, 0) is 11.3 Å². The van der Waals surface area contributed by atoms with E-state index >= 15 is 0 Å². The van der Waals surface area contributed by atoms with Crippen LogP contribution in [0.3, 0.4) is 0 Å². The number of hydrogen-bond donors (Lipinski definition) is 0. The predicted molar refractivity (Wildman–Crippen MR) is 98.8 cm³/mol. The summed E-state index contributed by atoms with van der Waals surface area (Å²) in [6, 6.07) is 12.2. The Hall–Kier alpha value is -2.27. The summed E-state index contributed by atoms with van der Waals surface area (Å²) in [5, 5.41) is 0. The first-order chi connectivity index (χ1) is 12.7. The number of furan rings is 1. The molecule has 1 aromatic carbocycles. The van der Waals surface area contributed by atoms with Gasteiger partial charge in [-0.15, -0.1) is 0 Å². The molecule has 0 unspecified atom stereocenters. The number of rotatable bonds is 5. The van der Waals surface area contributed by atoms with E-state index in [0.29, 0.717) is 5.91 Å². The molecule has 1 atom stereocenters. The number of methoxy groups -OCH3 is 1. The molecule has 1 amide bonds. The van der Waals surface area contributed by atoms with E-state index < -0.39 is 0 Å². The summed E-state index contributed by atoms with van der Waals surface area (Å²) in [7, 11) is 1.68. The number of carbonyl (C=O) groups excluding carboxylic acids is 1. The van der Waals surface area contributed by atoms with Crippen molar-refractivity contribution in [3.63, 3.8) is 0 Å². The number of likely N-dealkylation sites (tertiary alicyclic amines) is 2. The van der Waals surface area contributed by atoms with Gasteiger partial charge in [0, 0.05) is 12.5 Å². The van der Waals surface area contributed by atoms with Gasteiger partial charge in [0.1, 0.15) is 11.5 Å². The highest BCUT2D eigenvalue weighted by molar-refractivity contribution is 5.80. The van der Waals surface area contributed by atoms with Crippen molar-refractivity contribution < 1.29 is 13.9 Å². The number of hydrogen-bond acceptors (Lipinski definition) is 4. The molecule has 2 aromatic rings. The van der Waals surface area contributed by atoms with E-state index in [2.05, 4.69) is 21.9 Å². The van der Waals surface area contributed by atoms with Crippen LogP contribution in [0.15, 0.2) is 47.1 Å². The maximum Gasteiger partial charge on any atom is 0.226 e. The minimum Gasteiger partial charge on any atom is -0.497 e. The zero-order chi connectivity index (χ0) is 17.9. The molecule has 4 rings (SSSR count). The molecule has 0 aliphatic carbocycles. The molecule has 3 heterocycles. The lowest BCUT2D eigenvalue weighted by Gasteiger charge is -2.44. The molecule has 1 aromatic heterocycles. The zero-order valence-electron chi connectivity index (χ0n) is 15.3. The average molecular weight is 354 g/mol. The van der Waals surface area contributed by atoms with E-state index in [-0.39, 0.29) is 12.0 Å². The topological polar surface area (TPSA) is 45.9 Å². The van der Waals surface area contributed by atoms with Gasteiger partial charge in [-0.2, -0.15) is 0 Å². The van der Waals surface area contributed by atoms with Gasteiger partial charge in [0.2, 0.25) is 5.91 Å². The first kappa shape index (κ1) is 17.2. The van der Waals surface area contributed by atoms with Crippen molar-refractivity contribution in [2.75, 3.05) is 26.7 Å². The molecular formula is C21H26N2O3. The number of ether oxygens (including phenoxy) is 1. The Morgan fingerprint density at radius 3 is 2.65 bits per heavy atom. The third-order valence-electron chi connectivity index (χ3n) is 5.68. The molecule has 2 aliphatic rings. The molecule has 2 fully saturated rings. The van der Waals surface area contributed by atoms with Crippen LogP contribution in [0.2, 0.25) is 0 Å². The number of carbonyl (C=O) groups is 1. The van der Waals surface area contributed by atoms with Gasteiger partial charge < -0.3 is 14.1 Å². The number of nitrogens with zero attached hydrogens (tertiary/aromatic N) is 2. The average Bonchev–Trinajstić information content (AvgIpc) is 3.14. The van der Waals surface area contributed by atoms with E-state index in [0.717, 1.165) is 57.0 Å². The van der Waals surface area contributed by atoms with E-state index in [4.69, 9.17) is 9.15 Å². The highest BCUT2D eigenvalue weighted by Gasteiger charge is 2.37. The van der Waals surface area contributed by atoms with E-state index in [1.54, 1.807) is 13.4 Å². The van der Waals surface area contributed by atoms with Crippen LogP contribution in [0.1, 0.15) is 36.6 Å². The fraction of sp³-hybridized carbons (Fsp3) is 0.476. The first-order valence-corrected chi connectivity index (χ1v) is 9.44. The zero-order valence-corrected chi connectivity index (χ0v) is 15.3. The fourth-order valence-electron chi connectivity index (χ4n) is 4.04. The molecule has 138 valence electrons. The Kier molecular flexibility index (Phi) is 4.98. The number of piperidine rings is 1. The highest BCUT2D eigenvalue weighted by atomic mass is 16.5. The number of amides is 1. The maximum atomic E-state index is 13.0.